The van der Waals surface area contributed by atoms with Crippen LogP contribution in [-0.4, -0.2) is 33.4 Å². The van der Waals surface area contributed by atoms with E-state index in [-0.39, 0.29) is 23.5 Å². The third-order valence-corrected chi connectivity index (χ3v) is 8.08. The normalized spacial score (nSPS) is 19.2. The van der Waals surface area contributed by atoms with Crippen LogP contribution in [0.15, 0.2) is 27.5 Å². The molecule has 6 nitrogen and oxygen atoms in total. The van der Waals surface area contributed by atoms with Crippen LogP contribution < -0.4 is 11.3 Å². The number of nitrogens with zero attached hydrogens (tertiary/aromatic N) is 3. The molecule has 2 aliphatic rings. The molecule has 32 heavy (non-hydrogen) atoms. The van der Waals surface area contributed by atoms with Gasteiger partial charge in [-0.25, -0.2) is 4.98 Å². The second-order valence-electron chi connectivity index (χ2n) is 9.61. The standard InChI is InChI=1S/C25H35BrN4O2/c1-29(19-10-6-3-7-11-19)23(31)15-14-22(17-8-4-2-5-9-17)30-24(32)20-16-18(26)12-13-21(20)28-25(30)27/h12-13,16-17,19,22H,2-11,14-15H2,1H3,(H2,27,28). The molecule has 2 N–H and O–H groups in total. The highest BCUT2D eigenvalue weighted by molar-refractivity contribution is 9.10. The lowest BCUT2D eigenvalue weighted by atomic mass is 9.82. The number of nitrogens with two attached hydrogens (primary N) is 1. The zero-order valence-electron chi connectivity index (χ0n) is 19.1. The Morgan fingerprint density at radius 3 is 2.50 bits per heavy atom. The summed E-state index contributed by atoms with van der Waals surface area (Å²) in [6.07, 6.45) is 12.7. The monoisotopic (exact) mass is 502 g/mol. The van der Waals surface area contributed by atoms with E-state index in [1.165, 1.54) is 25.7 Å². The average Bonchev–Trinajstić information content (AvgIpc) is 2.82. The first-order chi connectivity index (χ1) is 15.5. The molecule has 0 spiro atoms. The number of hydrogen-bond donors (Lipinski definition) is 1. The van der Waals surface area contributed by atoms with Crippen molar-refractivity contribution in [2.75, 3.05) is 12.8 Å². The molecule has 1 unspecified atom stereocenters. The lowest BCUT2D eigenvalue weighted by molar-refractivity contribution is -0.132. The molecule has 7 heteroatoms. The first-order valence-corrected chi connectivity index (χ1v) is 13.0. The minimum atomic E-state index is -0.0996. The van der Waals surface area contributed by atoms with Crippen LogP contribution in [0.2, 0.25) is 0 Å². The number of fused-ring (bicyclic) bond motifs is 1. The second-order valence-corrected chi connectivity index (χ2v) is 10.5. The third-order valence-electron chi connectivity index (χ3n) is 7.59. The van der Waals surface area contributed by atoms with Gasteiger partial charge in [0.2, 0.25) is 11.9 Å². The molecule has 0 saturated heterocycles. The highest BCUT2D eigenvalue weighted by Crippen LogP contribution is 2.36. The van der Waals surface area contributed by atoms with Crippen LogP contribution in [0.3, 0.4) is 0 Å². The van der Waals surface area contributed by atoms with Gasteiger partial charge in [-0.1, -0.05) is 54.5 Å². The predicted octanol–water partition coefficient (Wildman–Crippen LogP) is 5.43. The van der Waals surface area contributed by atoms with E-state index in [1.54, 1.807) is 4.57 Å². The van der Waals surface area contributed by atoms with Gasteiger partial charge in [0.05, 0.1) is 10.9 Å². The van der Waals surface area contributed by atoms with Crippen molar-refractivity contribution >= 4 is 38.7 Å². The molecule has 4 rings (SSSR count). The summed E-state index contributed by atoms with van der Waals surface area (Å²) in [5, 5.41) is 0.569. The summed E-state index contributed by atoms with van der Waals surface area (Å²) in [5.41, 5.74) is 6.87. The van der Waals surface area contributed by atoms with Gasteiger partial charge in [0.1, 0.15) is 0 Å². The Morgan fingerprint density at radius 1 is 1.16 bits per heavy atom. The molecule has 1 aromatic heterocycles. The summed E-state index contributed by atoms with van der Waals surface area (Å²) >= 11 is 3.47. The van der Waals surface area contributed by atoms with Gasteiger partial charge in [-0.15, -0.1) is 0 Å². The Bertz CT molecular complexity index is 1010. The second kappa shape index (κ2) is 10.4. The van der Waals surface area contributed by atoms with E-state index in [0.29, 0.717) is 35.7 Å². The van der Waals surface area contributed by atoms with Gasteiger partial charge in [0.15, 0.2) is 0 Å². The van der Waals surface area contributed by atoms with E-state index in [2.05, 4.69) is 20.9 Å². The van der Waals surface area contributed by atoms with Crippen LogP contribution in [-0.2, 0) is 4.79 Å². The van der Waals surface area contributed by atoms with E-state index in [1.807, 2.05) is 30.1 Å². The summed E-state index contributed by atoms with van der Waals surface area (Å²) < 4.78 is 2.54. The van der Waals surface area contributed by atoms with Crippen molar-refractivity contribution in [2.45, 2.75) is 89.1 Å². The Hall–Kier alpha value is -1.89. The van der Waals surface area contributed by atoms with Crippen LogP contribution >= 0.6 is 15.9 Å². The van der Waals surface area contributed by atoms with Crippen molar-refractivity contribution in [1.82, 2.24) is 14.5 Å². The van der Waals surface area contributed by atoms with E-state index in [9.17, 15) is 9.59 Å². The summed E-state index contributed by atoms with van der Waals surface area (Å²) in [7, 11) is 1.95. The van der Waals surface area contributed by atoms with Crippen molar-refractivity contribution in [3.8, 4) is 0 Å². The van der Waals surface area contributed by atoms with Crippen LogP contribution in [0, 0.1) is 5.92 Å². The van der Waals surface area contributed by atoms with Crippen molar-refractivity contribution in [3.63, 3.8) is 0 Å². The first kappa shape index (κ1) is 23.3. The molecular weight excluding hydrogens is 468 g/mol. The molecular formula is C25H35BrN4O2. The smallest absolute Gasteiger partial charge is 0.263 e. The molecule has 174 valence electrons. The summed E-state index contributed by atoms with van der Waals surface area (Å²) in [6.45, 7) is 0. The van der Waals surface area contributed by atoms with Gasteiger partial charge in [0, 0.05) is 30.0 Å². The van der Waals surface area contributed by atoms with Crippen molar-refractivity contribution in [3.05, 3.63) is 33.0 Å². The molecule has 2 aliphatic carbocycles. The molecule has 0 bridgehead atoms. The van der Waals surface area contributed by atoms with Gasteiger partial charge in [0.25, 0.3) is 5.56 Å². The van der Waals surface area contributed by atoms with E-state index < -0.39 is 0 Å². The highest BCUT2D eigenvalue weighted by atomic mass is 79.9. The number of rotatable bonds is 6. The number of hydrogen-bond acceptors (Lipinski definition) is 4. The van der Waals surface area contributed by atoms with Crippen molar-refractivity contribution in [2.24, 2.45) is 5.92 Å². The predicted molar refractivity (Wildman–Crippen MR) is 133 cm³/mol. The van der Waals surface area contributed by atoms with Crippen LogP contribution in [0.5, 0.6) is 0 Å². The molecule has 2 saturated carbocycles. The van der Waals surface area contributed by atoms with Crippen molar-refractivity contribution < 1.29 is 4.79 Å². The molecule has 1 amide bonds. The quantitative estimate of drug-likeness (QED) is 0.570. The van der Waals surface area contributed by atoms with Gasteiger partial charge in [-0.2, -0.15) is 0 Å². The highest BCUT2D eigenvalue weighted by Gasteiger charge is 2.30. The number of nitrogen functional groups attached to an aromatic ring is 1. The molecule has 0 radical (unpaired) electrons. The zero-order valence-corrected chi connectivity index (χ0v) is 20.6. The maximum atomic E-state index is 13.5. The van der Waals surface area contributed by atoms with Gasteiger partial charge in [-0.3, -0.25) is 14.2 Å². The lowest BCUT2D eigenvalue weighted by Gasteiger charge is -2.34. The summed E-state index contributed by atoms with van der Waals surface area (Å²) in [6, 6.07) is 5.77. The van der Waals surface area contributed by atoms with E-state index >= 15 is 0 Å². The summed E-state index contributed by atoms with van der Waals surface area (Å²) in [4.78, 5) is 33.1. The number of benzene rings is 1. The molecule has 1 aromatic carbocycles. The Morgan fingerprint density at radius 2 is 1.81 bits per heavy atom. The molecule has 0 aliphatic heterocycles. The molecule has 1 atom stereocenters. The van der Waals surface area contributed by atoms with Crippen LogP contribution in [0.25, 0.3) is 10.9 Å². The van der Waals surface area contributed by atoms with E-state index in [4.69, 9.17) is 5.73 Å². The maximum absolute atomic E-state index is 13.5. The van der Waals surface area contributed by atoms with Crippen molar-refractivity contribution in [1.29, 1.82) is 0 Å². The van der Waals surface area contributed by atoms with E-state index in [0.717, 1.165) is 43.0 Å². The largest absolute Gasteiger partial charge is 0.369 e. The SMILES string of the molecule is CN(C(=O)CCC(C1CCCCC1)n1c(N)nc2ccc(Br)cc2c1=O)C1CCCCC1. The molecule has 2 fully saturated rings. The van der Waals surface area contributed by atoms with Gasteiger partial charge in [-0.05, 0) is 56.2 Å². The number of amides is 1. The number of anilines is 1. The minimum absolute atomic E-state index is 0.0950. The number of halogens is 1. The van der Waals surface area contributed by atoms with Gasteiger partial charge >= 0.3 is 0 Å². The zero-order chi connectivity index (χ0) is 22.7. The molecule has 2 aromatic rings. The topological polar surface area (TPSA) is 81.2 Å². The minimum Gasteiger partial charge on any atom is -0.369 e. The maximum Gasteiger partial charge on any atom is 0.263 e. The fourth-order valence-corrected chi connectivity index (χ4v) is 6.08. The summed E-state index contributed by atoms with van der Waals surface area (Å²) in [5.74, 6) is 0.789. The lowest BCUT2D eigenvalue weighted by Crippen LogP contribution is -2.39. The Balaban J connectivity index is 1.61. The number of carbonyl (C=O) groups is 1. The Labute approximate surface area is 198 Å². The van der Waals surface area contributed by atoms with Crippen LogP contribution in [0.4, 0.5) is 5.95 Å². The number of carbonyl (C=O) groups excluding carboxylic acids is 1. The molecule has 1 heterocycles. The fourth-order valence-electron chi connectivity index (χ4n) is 5.72. The van der Waals surface area contributed by atoms with Crippen LogP contribution in [0.1, 0.15) is 83.1 Å². The average molecular weight is 503 g/mol. The fraction of sp³-hybridized carbons (Fsp3) is 0.640. The Kier molecular flexibility index (Phi) is 7.54. The first-order valence-electron chi connectivity index (χ1n) is 12.2. The number of aromatic nitrogens is 2. The van der Waals surface area contributed by atoms with Gasteiger partial charge < -0.3 is 10.6 Å². The third kappa shape index (κ3) is 5.03.